The zero-order valence-electron chi connectivity index (χ0n) is 10.3. The Morgan fingerprint density at radius 1 is 1.05 bits per heavy atom. The Morgan fingerprint density at radius 2 is 1.63 bits per heavy atom. The lowest BCUT2D eigenvalue weighted by molar-refractivity contribution is 0.101. The number of thioether (sulfide) groups is 1. The summed E-state index contributed by atoms with van der Waals surface area (Å²) in [6.45, 7) is 1.51. The Hall–Kier alpha value is -1.68. The summed E-state index contributed by atoms with van der Waals surface area (Å²) in [5.74, 6) is -0.637. The highest BCUT2D eigenvalue weighted by molar-refractivity contribution is 7.98. The molecule has 0 aliphatic heterocycles. The van der Waals surface area contributed by atoms with E-state index in [0.29, 0.717) is 16.9 Å². The number of carbonyl (C=O) groups is 1. The summed E-state index contributed by atoms with van der Waals surface area (Å²) in [7, 11) is 0. The normalized spacial score (nSPS) is 10.5. The first-order valence-electron chi connectivity index (χ1n) is 5.73. The van der Waals surface area contributed by atoms with Crippen molar-refractivity contribution in [1.82, 2.24) is 0 Å². The maximum Gasteiger partial charge on any atom is 0.159 e. The molecule has 0 spiro atoms. The molecule has 98 valence electrons. The first kappa shape index (κ1) is 13.7. The summed E-state index contributed by atoms with van der Waals surface area (Å²) in [5, 5.41) is 0. The van der Waals surface area contributed by atoms with E-state index in [4.69, 9.17) is 0 Å². The van der Waals surface area contributed by atoms with E-state index in [0.717, 1.165) is 11.0 Å². The minimum atomic E-state index is -0.567. The molecule has 0 N–H and O–H groups in total. The van der Waals surface area contributed by atoms with E-state index in [1.807, 2.05) is 12.1 Å². The van der Waals surface area contributed by atoms with Crippen molar-refractivity contribution < 1.29 is 13.6 Å². The summed E-state index contributed by atoms with van der Waals surface area (Å²) >= 11 is 1.47. The molecule has 0 amide bonds. The Kier molecular flexibility index (Phi) is 4.32. The van der Waals surface area contributed by atoms with Crippen molar-refractivity contribution in [3.63, 3.8) is 0 Å². The largest absolute Gasteiger partial charge is 0.295 e. The highest BCUT2D eigenvalue weighted by Crippen LogP contribution is 2.24. The third-order valence-corrected chi connectivity index (χ3v) is 3.67. The summed E-state index contributed by atoms with van der Waals surface area (Å²) in [6.07, 6.45) is 0. The van der Waals surface area contributed by atoms with Crippen molar-refractivity contribution in [3.05, 3.63) is 65.2 Å². The van der Waals surface area contributed by atoms with E-state index >= 15 is 0 Å². The number of halogens is 2. The second-order valence-corrected chi connectivity index (χ2v) is 5.20. The Labute approximate surface area is 114 Å². The molecule has 2 rings (SSSR count). The maximum atomic E-state index is 13.0. The van der Waals surface area contributed by atoms with Crippen molar-refractivity contribution in [3.8, 4) is 0 Å². The fourth-order valence-electron chi connectivity index (χ4n) is 1.65. The lowest BCUT2D eigenvalue weighted by Gasteiger charge is -2.03. The molecule has 0 atom stereocenters. The Bertz CT molecular complexity index is 573. The SMILES string of the molecule is CC(=O)c1ccc(SCc2cc(F)cc(F)c2)cc1. The number of carbonyl (C=O) groups excluding carboxylic acids is 1. The van der Waals surface area contributed by atoms with Crippen LogP contribution < -0.4 is 0 Å². The number of ketones is 1. The number of benzene rings is 2. The molecule has 0 aliphatic carbocycles. The average molecular weight is 278 g/mol. The van der Waals surface area contributed by atoms with E-state index in [9.17, 15) is 13.6 Å². The van der Waals surface area contributed by atoms with Crippen molar-refractivity contribution in [1.29, 1.82) is 0 Å². The van der Waals surface area contributed by atoms with Gasteiger partial charge in [0.1, 0.15) is 11.6 Å². The Balaban J connectivity index is 2.03. The molecule has 19 heavy (non-hydrogen) atoms. The topological polar surface area (TPSA) is 17.1 Å². The average Bonchev–Trinajstić information content (AvgIpc) is 2.36. The predicted octanol–water partition coefficient (Wildman–Crippen LogP) is 4.46. The smallest absolute Gasteiger partial charge is 0.159 e. The van der Waals surface area contributed by atoms with Crippen LogP contribution >= 0.6 is 11.8 Å². The fraction of sp³-hybridized carbons (Fsp3) is 0.133. The molecule has 4 heteroatoms. The van der Waals surface area contributed by atoms with Crippen LogP contribution in [0.5, 0.6) is 0 Å². The monoisotopic (exact) mass is 278 g/mol. The van der Waals surface area contributed by atoms with Gasteiger partial charge in [0, 0.05) is 22.3 Å². The van der Waals surface area contributed by atoms with Gasteiger partial charge in [-0.3, -0.25) is 4.79 Å². The number of rotatable bonds is 4. The third kappa shape index (κ3) is 3.89. The molecule has 2 aromatic carbocycles. The van der Waals surface area contributed by atoms with Crippen LogP contribution in [0, 0.1) is 11.6 Å². The van der Waals surface area contributed by atoms with Crippen LogP contribution in [0.15, 0.2) is 47.4 Å². The summed E-state index contributed by atoms with van der Waals surface area (Å²) in [6, 6.07) is 10.7. The minimum Gasteiger partial charge on any atom is -0.295 e. The van der Waals surface area contributed by atoms with Gasteiger partial charge >= 0.3 is 0 Å². The molecule has 1 nitrogen and oxygen atoms in total. The van der Waals surface area contributed by atoms with Crippen LogP contribution in [0.4, 0.5) is 8.78 Å². The third-order valence-electron chi connectivity index (χ3n) is 2.59. The zero-order valence-corrected chi connectivity index (χ0v) is 11.1. The van der Waals surface area contributed by atoms with E-state index in [1.54, 1.807) is 12.1 Å². The predicted molar refractivity (Wildman–Crippen MR) is 72.4 cm³/mol. The first-order valence-corrected chi connectivity index (χ1v) is 6.72. The number of hydrogen-bond acceptors (Lipinski definition) is 2. The van der Waals surface area contributed by atoms with Gasteiger partial charge in [0.15, 0.2) is 5.78 Å². The van der Waals surface area contributed by atoms with Crippen LogP contribution in [-0.4, -0.2) is 5.78 Å². The van der Waals surface area contributed by atoms with Crippen LogP contribution in [0.2, 0.25) is 0 Å². The molecular weight excluding hydrogens is 266 g/mol. The molecule has 0 heterocycles. The van der Waals surface area contributed by atoms with E-state index in [-0.39, 0.29) is 5.78 Å². The van der Waals surface area contributed by atoms with Gasteiger partial charge in [-0.25, -0.2) is 8.78 Å². The van der Waals surface area contributed by atoms with Gasteiger partial charge in [0.25, 0.3) is 0 Å². The summed E-state index contributed by atoms with van der Waals surface area (Å²) < 4.78 is 26.0. The summed E-state index contributed by atoms with van der Waals surface area (Å²) in [5.41, 5.74) is 1.25. The maximum absolute atomic E-state index is 13.0. The molecule has 0 fully saturated rings. The van der Waals surface area contributed by atoms with Gasteiger partial charge in [-0.2, -0.15) is 0 Å². The zero-order chi connectivity index (χ0) is 13.8. The van der Waals surface area contributed by atoms with Crippen LogP contribution in [0.1, 0.15) is 22.8 Å². The highest BCUT2D eigenvalue weighted by Gasteiger charge is 2.03. The van der Waals surface area contributed by atoms with Gasteiger partial charge in [0.2, 0.25) is 0 Å². The molecule has 0 saturated heterocycles. The van der Waals surface area contributed by atoms with Crippen molar-refractivity contribution >= 4 is 17.5 Å². The van der Waals surface area contributed by atoms with E-state index in [1.165, 1.54) is 30.8 Å². The van der Waals surface area contributed by atoms with Gasteiger partial charge in [-0.05, 0) is 36.8 Å². The number of hydrogen-bond donors (Lipinski definition) is 0. The number of Topliss-reactive ketones (excluding diaryl/α,β-unsaturated/α-hetero) is 1. The molecule has 0 aliphatic rings. The molecule has 0 aromatic heterocycles. The van der Waals surface area contributed by atoms with Crippen LogP contribution in [-0.2, 0) is 5.75 Å². The van der Waals surface area contributed by atoms with Gasteiger partial charge in [0.05, 0.1) is 0 Å². The standard InChI is InChI=1S/C15H12F2OS/c1-10(18)12-2-4-15(5-3-12)19-9-11-6-13(16)8-14(17)7-11/h2-8H,9H2,1H3. The Morgan fingerprint density at radius 3 is 2.16 bits per heavy atom. The van der Waals surface area contributed by atoms with Crippen LogP contribution in [0.3, 0.4) is 0 Å². The quantitative estimate of drug-likeness (QED) is 0.606. The molecule has 0 saturated carbocycles. The molecule has 0 unspecified atom stereocenters. The van der Waals surface area contributed by atoms with Crippen molar-refractivity contribution in [2.75, 3.05) is 0 Å². The second kappa shape index (κ2) is 5.97. The molecule has 2 aromatic rings. The van der Waals surface area contributed by atoms with E-state index in [2.05, 4.69) is 0 Å². The molecule has 0 bridgehead atoms. The highest BCUT2D eigenvalue weighted by atomic mass is 32.2. The van der Waals surface area contributed by atoms with Crippen molar-refractivity contribution in [2.24, 2.45) is 0 Å². The molecule has 0 radical (unpaired) electrons. The first-order chi connectivity index (χ1) is 9.04. The molecular formula is C15H12F2OS. The lowest BCUT2D eigenvalue weighted by atomic mass is 10.2. The van der Waals surface area contributed by atoms with Gasteiger partial charge < -0.3 is 0 Å². The van der Waals surface area contributed by atoms with Gasteiger partial charge in [-0.15, -0.1) is 11.8 Å². The van der Waals surface area contributed by atoms with E-state index < -0.39 is 11.6 Å². The van der Waals surface area contributed by atoms with Crippen LogP contribution in [0.25, 0.3) is 0 Å². The minimum absolute atomic E-state index is 0.0174. The van der Waals surface area contributed by atoms with Gasteiger partial charge in [-0.1, -0.05) is 12.1 Å². The fourth-order valence-corrected chi connectivity index (χ4v) is 2.48. The lowest BCUT2D eigenvalue weighted by Crippen LogP contribution is -1.90. The van der Waals surface area contributed by atoms with Crippen molar-refractivity contribution in [2.45, 2.75) is 17.6 Å². The summed E-state index contributed by atoms with van der Waals surface area (Å²) in [4.78, 5) is 12.1. The second-order valence-electron chi connectivity index (χ2n) is 4.15.